The first-order valence-corrected chi connectivity index (χ1v) is 9.55. The fraction of sp³-hybridized carbons (Fsp3) is 0. The van der Waals surface area contributed by atoms with Crippen molar-refractivity contribution in [1.29, 1.82) is 0 Å². The Hall–Kier alpha value is -3.78. The molecule has 2 nitrogen and oxygen atoms in total. The van der Waals surface area contributed by atoms with Gasteiger partial charge >= 0.3 is 0 Å². The van der Waals surface area contributed by atoms with E-state index in [1.165, 1.54) is 49.5 Å². The summed E-state index contributed by atoms with van der Waals surface area (Å²) in [6.45, 7) is 0. The molecule has 0 amide bonds. The highest BCUT2D eigenvalue weighted by Crippen LogP contribution is 2.37. The first kappa shape index (κ1) is 15.3. The van der Waals surface area contributed by atoms with Crippen molar-refractivity contribution < 1.29 is 0 Å². The van der Waals surface area contributed by atoms with Gasteiger partial charge in [0, 0.05) is 33.6 Å². The van der Waals surface area contributed by atoms with Crippen LogP contribution in [-0.4, -0.2) is 9.55 Å². The van der Waals surface area contributed by atoms with Gasteiger partial charge in [-0.15, -0.1) is 0 Å². The third-order valence-corrected chi connectivity index (χ3v) is 5.58. The van der Waals surface area contributed by atoms with E-state index in [0.29, 0.717) is 0 Å². The fourth-order valence-electron chi connectivity index (χ4n) is 4.33. The number of aromatic nitrogens is 2. The predicted octanol–water partition coefficient (Wildman–Crippen LogP) is 6.93. The molecule has 0 unspecified atom stereocenters. The standard InChI is InChI=1S/C26H18N2/c1-2-7-18(8-3-1)19-9-6-10-20(17-19)28-24-12-5-4-11-22(24)26-21-15-16-27-23(21)13-14-25(26)28/h1-17,27H. The number of benzene rings is 4. The molecule has 0 saturated heterocycles. The number of aromatic amines is 1. The van der Waals surface area contributed by atoms with Gasteiger partial charge < -0.3 is 9.55 Å². The van der Waals surface area contributed by atoms with Gasteiger partial charge in [0.05, 0.1) is 11.0 Å². The zero-order valence-electron chi connectivity index (χ0n) is 15.3. The van der Waals surface area contributed by atoms with Crippen LogP contribution in [0.2, 0.25) is 0 Å². The Morgan fingerprint density at radius 1 is 0.571 bits per heavy atom. The van der Waals surface area contributed by atoms with Gasteiger partial charge in [0.15, 0.2) is 0 Å². The number of fused-ring (bicyclic) bond motifs is 5. The van der Waals surface area contributed by atoms with Crippen LogP contribution in [0.5, 0.6) is 0 Å². The molecule has 2 heteroatoms. The summed E-state index contributed by atoms with van der Waals surface area (Å²) in [5.74, 6) is 0. The normalized spacial score (nSPS) is 11.6. The van der Waals surface area contributed by atoms with Gasteiger partial charge in [-0.05, 0) is 47.5 Å². The van der Waals surface area contributed by atoms with Crippen LogP contribution in [0.1, 0.15) is 0 Å². The van der Waals surface area contributed by atoms with Crippen LogP contribution in [0, 0.1) is 0 Å². The second kappa shape index (κ2) is 5.86. The number of nitrogens with one attached hydrogen (secondary N) is 1. The van der Waals surface area contributed by atoms with E-state index in [1.54, 1.807) is 0 Å². The smallest absolute Gasteiger partial charge is 0.0548 e. The van der Waals surface area contributed by atoms with Crippen LogP contribution in [0.3, 0.4) is 0 Å². The van der Waals surface area contributed by atoms with E-state index < -0.39 is 0 Å². The SMILES string of the molecule is c1ccc(-c2cccc(-n3c4ccccc4c4c5cc[nH]c5ccc43)c2)cc1. The maximum absolute atomic E-state index is 3.35. The van der Waals surface area contributed by atoms with Crippen LogP contribution in [-0.2, 0) is 0 Å². The van der Waals surface area contributed by atoms with Gasteiger partial charge in [0.1, 0.15) is 0 Å². The molecule has 0 spiro atoms. The van der Waals surface area contributed by atoms with E-state index in [-0.39, 0.29) is 0 Å². The number of hydrogen-bond acceptors (Lipinski definition) is 0. The minimum absolute atomic E-state index is 1.17. The molecule has 0 radical (unpaired) electrons. The van der Waals surface area contributed by atoms with E-state index in [1.807, 2.05) is 6.20 Å². The molecule has 0 bridgehead atoms. The highest BCUT2D eigenvalue weighted by molar-refractivity contribution is 6.20. The van der Waals surface area contributed by atoms with Crippen LogP contribution < -0.4 is 0 Å². The summed E-state index contributed by atoms with van der Waals surface area (Å²) in [6, 6.07) is 34.6. The summed E-state index contributed by atoms with van der Waals surface area (Å²) >= 11 is 0. The maximum atomic E-state index is 3.35. The molecule has 0 atom stereocenters. The Morgan fingerprint density at radius 3 is 2.32 bits per heavy atom. The van der Waals surface area contributed by atoms with E-state index >= 15 is 0 Å². The highest BCUT2D eigenvalue weighted by Gasteiger charge is 2.15. The quantitative estimate of drug-likeness (QED) is 0.346. The summed E-state index contributed by atoms with van der Waals surface area (Å²) in [5.41, 5.74) is 7.29. The molecule has 6 rings (SSSR count). The van der Waals surface area contributed by atoms with Crippen molar-refractivity contribution >= 4 is 32.7 Å². The summed E-state index contributed by atoms with van der Waals surface area (Å²) < 4.78 is 2.38. The van der Waals surface area contributed by atoms with Gasteiger partial charge in [-0.25, -0.2) is 0 Å². The van der Waals surface area contributed by atoms with Crippen molar-refractivity contribution in [1.82, 2.24) is 9.55 Å². The van der Waals surface area contributed by atoms with Crippen molar-refractivity contribution in [3.8, 4) is 16.8 Å². The molecule has 132 valence electrons. The van der Waals surface area contributed by atoms with Crippen LogP contribution in [0.4, 0.5) is 0 Å². The molecule has 0 aliphatic rings. The van der Waals surface area contributed by atoms with Crippen molar-refractivity contribution in [2.75, 3.05) is 0 Å². The first-order valence-electron chi connectivity index (χ1n) is 9.55. The van der Waals surface area contributed by atoms with Gasteiger partial charge in [-0.1, -0.05) is 60.7 Å². The van der Waals surface area contributed by atoms with Crippen molar-refractivity contribution in [2.24, 2.45) is 0 Å². The van der Waals surface area contributed by atoms with Crippen LogP contribution in [0.25, 0.3) is 49.5 Å². The van der Waals surface area contributed by atoms with Crippen LogP contribution in [0.15, 0.2) is 103 Å². The highest BCUT2D eigenvalue weighted by atomic mass is 15.0. The minimum atomic E-state index is 1.17. The summed E-state index contributed by atoms with van der Waals surface area (Å²) in [4.78, 5) is 3.35. The molecule has 1 N–H and O–H groups in total. The Labute approximate surface area is 162 Å². The molecule has 0 saturated carbocycles. The molecular weight excluding hydrogens is 340 g/mol. The van der Waals surface area contributed by atoms with Crippen molar-refractivity contribution in [2.45, 2.75) is 0 Å². The first-order chi connectivity index (χ1) is 13.9. The Balaban J connectivity index is 1.71. The lowest BCUT2D eigenvalue weighted by Crippen LogP contribution is -1.94. The topological polar surface area (TPSA) is 20.7 Å². The predicted molar refractivity (Wildman–Crippen MR) is 118 cm³/mol. The van der Waals surface area contributed by atoms with Crippen molar-refractivity contribution in [3.05, 3.63) is 103 Å². The number of para-hydroxylation sites is 1. The lowest BCUT2D eigenvalue weighted by molar-refractivity contribution is 1.18. The molecule has 28 heavy (non-hydrogen) atoms. The van der Waals surface area contributed by atoms with Gasteiger partial charge in [0.2, 0.25) is 0 Å². The lowest BCUT2D eigenvalue weighted by Gasteiger charge is -2.10. The second-order valence-electron chi connectivity index (χ2n) is 7.17. The Morgan fingerprint density at radius 2 is 1.39 bits per heavy atom. The number of H-pyrrole nitrogens is 1. The summed E-state index contributed by atoms with van der Waals surface area (Å²) in [7, 11) is 0. The molecule has 2 aromatic heterocycles. The number of hydrogen-bond donors (Lipinski definition) is 1. The minimum Gasteiger partial charge on any atom is -0.361 e. The lowest BCUT2D eigenvalue weighted by atomic mass is 10.1. The van der Waals surface area contributed by atoms with E-state index in [0.717, 1.165) is 0 Å². The maximum Gasteiger partial charge on any atom is 0.0548 e. The monoisotopic (exact) mass is 358 g/mol. The molecule has 4 aromatic carbocycles. The molecule has 2 heterocycles. The average Bonchev–Trinajstić information content (AvgIpc) is 3.36. The Bertz CT molecular complexity index is 1450. The largest absolute Gasteiger partial charge is 0.361 e. The summed E-state index contributed by atoms with van der Waals surface area (Å²) in [6.07, 6.45) is 2.02. The fourth-order valence-corrected chi connectivity index (χ4v) is 4.33. The zero-order chi connectivity index (χ0) is 18.5. The van der Waals surface area contributed by atoms with E-state index in [4.69, 9.17) is 0 Å². The molecular formula is C26H18N2. The van der Waals surface area contributed by atoms with Crippen molar-refractivity contribution in [3.63, 3.8) is 0 Å². The Kier molecular flexibility index (Phi) is 3.20. The number of nitrogens with zero attached hydrogens (tertiary/aromatic N) is 1. The molecule has 0 aliphatic heterocycles. The van der Waals surface area contributed by atoms with Gasteiger partial charge in [-0.2, -0.15) is 0 Å². The van der Waals surface area contributed by atoms with Gasteiger partial charge in [-0.3, -0.25) is 0 Å². The zero-order valence-corrected chi connectivity index (χ0v) is 15.3. The molecule has 0 fully saturated rings. The molecule has 6 aromatic rings. The average molecular weight is 358 g/mol. The van der Waals surface area contributed by atoms with E-state index in [9.17, 15) is 0 Å². The van der Waals surface area contributed by atoms with E-state index in [2.05, 4.69) is 107 Å². The second-order valence-corrected chi connectivity index (χ2v) is 7.17. The van der Waals surface area contributed by atoms with Gasteiger partial charge in [0.25, 0.3) is 0 Å². The third-order valence-electron chi connectivity index (χ3n) is 5.58. The molecule has 0 aliphatic carbocycles. The third kappa shape index (κ3) is 2.15. The summed E-state index contributed by atoms with van der Waals surface area (Å²) in [5, 5.41) is 3.86. The van der Waals surface area contributed by atoms with Crippen LogP contribution >= 0.6 is 0 Å². The number of rotatable bonds is 2.